The number of aromatic amines is 1. The van der Waals surface area contributed by atoms with Crippen LogP contribution in [-0.4, -0.2) is 77.9 Å². The largest absolute Gasteiger partial charge is 0.493 e. The van der Waals surface area contributed by atoms with Crippen LogP contribution in [-0.2, 0) is 22.6 Å². The highest BCUT2D eigenvalue weighted by Crippen LogP contribution is 2.44. The van der Waals surface area contributed by atoms with Crippen molar-refractivity contribution in [2.24, 2.45) is 5.92 Å². The van der Waals surface area contributed by atoms with Crippen LogP contribution in [0.1, 0.15) is 115 Å². The van der Waals surface area contributed by atoms with Crippen molar-refractivity contribution < 1.29 is 23.9 Å². The SMILES string of the molecule is CCCC(C)CCC.COc1cc2c(cc1OCCCNC(=O)CCCCNC(=O)CCCCC1SCC3NC(=O)NC31)Cc1c(NCc3c(Cl)cccc3Cl)n[nH]c1-2. The predicted octanol–water partition coefficient (Wildman–Crippen LogP) is 9.03. The second kappa shape index (κ2) is 23.8. The lowest BCUT2D eigenvalue weighted by Gasteiger charge is -2.16. The molecule has 12 nitrogen and oxygen atoms in total. The molecule has 3 atom stereocenters. The van der Waals surface area contributed by atoms with Crippen molar-refractivity contribution in [3.05, 3.63) is 57.1 Å². The molecule has 3 heterocycles. The minimum atomic E-state index is -0.0670. The molecule has 0 radical (unpaired) electrons. The van der Waals surface area contributed by atoms with Crippen LogP contribution in [0.5, 0.6) is 11.5 Å². The van der Waals surface area contributed by atoms with Crippen LogP contribution in [0.3, 0.4) is 0 Å². The molecule has 3 aliphatic rings. The number of halogens is 2. The summed E-state index contributed by atoms with van der Waals surface area (Å²) >= 11 is 14.6. The average Bonchev–Trinajstić information content (AvgIpc) is 3.97. The van der Waals surface area contributed by atoms with Gasteiger partial charge in [-0.1, -0.05) is 82.1 Å². The van der Waals surface area contributed by atoms with E-state index in [2.05, 4.69) is 57.6 Å². The van der Waals surface area contributed by atoms with Crippen molar-refractivity contribution in [2.45, 2.75) is 128 Å². The normalized spacial score (nSPS) is 17.3. The molecule has 2 aromatic carbocycles. The molecule has 2 fully saturated rings. The van der Waals surface area contributed by atoms with Crippen LogP contribution >= 0.6 is 35.0 Å². The number of nitrogens with zero attached hydrogens (tertiary/aromatic N) is 1. The Labute approximate surface area is 364 Å². The highest BCUT2D eigenvalue weighted by atomic mass is 35.5. The smallest absolute Gasteiger partial charge is 0.315 e. The highest BCUT2D eigenvalue weighted by Gasteiger charge is 2.42. The van der Waals surface area contributed by atoms with Crippen molar-refractivity contribution in [2.75, 3.05) is 37.9 Å². The molecule has 0 spiro atoms. The molecule has 2 saturated heterocycles. The Hall–Kier alpha value is -3.81. The third-order valence-electron chi connectivity index (χ3n) is 11.1. The molecular formula is C44H63Cl2N7O5S. The average molecular weight is 873 g/mol. The maximum Gasteiger partial charge on any atom is 0.315 e. The summed E-state index contributed by atoms with van der Waals surface area (Å²) in [4.78, 5) is 36.1. The van der Waals surface area contributed by atoms with Gasteiger partial charge in [0.25, 0.3) is 0 Å². The number of amides is 4. The number of benzene rings is 2. The number of fused-ring (bicyclic) bond motifs is 4. The number of rotatable bonds is 23. The van der Waals surface area contributed by atoms with Gasteiger partial charge in [0.05, 0.1) is 31.5 Å². The number of ether oxygens (including phenoxy) is 2. The first-order valence-corrected chi connectivity index (χ1v) is 23.2. The lowest BCUT2D eigenvalue weighted by molar-refractivity contribution is -0.121. The van der Waals surface area contributed by atoms with E-state index < -0.39 is 0 Å². The van der Waals surface area contributed by atoms with Crippen molar-refractivity contribution in [1.29, 1.82) is 0 Å². The molecule has 0 saturated carbocycles. The van der Waals surface area contributed by atoms with E-state index in [1.807, 2.05) is 42.1 Å². The molecule has 3 unspecified atom stereocenters. The lowest BCUT2D eigenvalue weighted by Crippen LogP contribution is -2.36. The second-order valence-electron chi connectivity index (χ2n) is 15.7. The minimum absolute atomic E-state index is 0.00640. The van der Waals surface area contributed by atoms with Gasteiger partial charge < -0.3 is 36.1 Å². The molecule has 324 valence electrons. The topological polar surface area (TPSA) is 158 Å². The van der Waals surface area contributed by atoms with E-state index in [0.29, 0.717) is 85.1 Å². The number of nitrogens with one attached hydrogen (secondary N) is 6. The van der Waals surface area contributed by atoms with Gasteiger partial charge in [-0.25, -0.2) is 4.79 Å². The van der Waals surface area contributed by atoms with Crippen LogP contribution < -0.4 is 36.1 Å². The summed E-state index contributed by atoms with van der Waals surface area (Å²) in [5.41, 5.74) is 4.94. The molecule has 15 heteroatoms. The van der Waals surface area contributed by atoms with Crippen molar-refractivity contribution in [1.82, 2.24) is 31.5 Å². The van der Waals surface area contributed by atoms with Crippen LogP contribution in [0.25, 0.3) is 11.3 Å². The molecule has 2 aliphatic heterocycles. The van der Waals surface area contributed by atoms with Gasteiger partial charge in [-0.2, -0.15) is 16.9 Å². The van der Waals surface area contributed by atoms with Crippen LogP contribution in [0, 0.1) is 5.92 Å². The molecule has 59 heavy (non-hydrogen) atoms. The number of methoxy groups -OCH3 is 1. The summed E-state index contributed by atoms with van der Waals surface area (Å²) in [6.07, 6.45) is 12.0. The van der Waals surface area contributed by atoms with Gasteiger partial charge in [0.1, 0.15) is 0 Å². The van der Waals surface area contributed by atoms with Gasteiger partial charge >= 0.3 is 6.03 Å². The van der Waals surface area contributed by atoms with Gasteiger partial charge in [0.2, 0.25) is 11.8 Å². The van der Waals surface area contributed by atoms with E-state index in [4.69, 9.17) is 32.7 Å². The van der Waals surface area contributed by atoms with Gasteiger partial charge in [-0.05, 0) is 67.9 Å². The first-order chi connectivity index (χ1) is 28.6. The maximum absolute atomic E-state index is 12.3. The molecule has 4 amide bonds. The number of urea groups is 1. The Balaban J connectivity index is 0.000000749. The summed E-state index contributed by atoms with van der Waals surface area (Å²) in [6.45, 7) is 8.80. The standard InChI is InChI=1S/C36H45Cl2N7O5S.C8H18/c1-49-28-18-22-21(16-23-33(22)44-45-35(23)41-19-24-25(37)8-6-9-26(24)38)17-29(28)50-15-7-14-40-32(47)12-4-5-13-39-31(46)11-3-2-10-30-34-27(20-51-30)42-36(48)43-34;1-4-6-8(3)7-5-2/h6,8-9,17-18,27,30,34H,2-5,7,10-16,19-20H2,1H3,(H,39,46)(H,40,47)(H2,41,44,45)(H2,42,43,48);8H,4-7H2,1-3H3. The number of carbonyl (C=O) groups is 3. The fraction of sp³-hybridized carbons (Fsp3) is 0.591. The van der Waals surface area contributed by atoms with E-state index in [1.54, 1.807) is 7.11 Å². The zero-order chi connectivity index (χ0) is 42.1. The number of unbranched alkanes of at least 4 members (excludes halogenated alkanes) is 2. The zero-order valence-electron chi connectivity index (χ0n) is 35.1. The highest BCUT2D eigenvalue weighted by molar-refractivity contribution is 8.00. The Morgan fingerprint density at radius 1 is 0.949 bits per heavy atom. The van der Waals surface area contributed by atoms with Gasteiger partial charge in [-0.3, -0.25) is 14.7 Å². The van der Waals surface area contributed by atoms with Crippen molar-refractivity contribution in [3.8, 4) is 22.8 Å². The number of hydrogen-bond donors (Lipinski definition) is 6. The van der Waals surface area contributed by atoms with E-state index in [9.17, 15) is 14.4 Å². The van der Waals surface area contributed by atoms with E-state index in [0.717, 1.165) is 71.1 Å². The monoisotopic (exact) mass is 871 g/mol. The molecule has 6 N–H and O–H groups in total. The van der Waals surface area contributed by atoms with E-state index in [-0.39, 0.29) is 29.9 Å². The Morgan fingerprint density at radius 3 is 2.34 bits per heavy atom. The minimum Gasteiger partial charge on any atom is -0.493 e. The maximum atomic E-state index is 12.3. The summed E-state index contributed by atoms with van der Waals surface area (Å²) in [6, 6.07) is 9.80. The van der Waals surface area contributed by atoms with Gasteiger partial charge in [-0.15, -0.1) is 0 Å². The summed E-state index contributed by atoms with van der Waals surface area (Å²) < 4.78 is 11.7. The van der Waals surface area contributed by atoms with E-state index in [1.165, 1.54) is 25.7 Å². The number of thioether (sulfide) groups is 1. The number of H-pyrrole nitrogens is 1. The fourth-order valence-electron chi connectivity index (χ4n) is 7.92. The van der Waals surface area contributed by atoms with Crippen molar-refractivity contribution in [3.63, 3.8) is 0 Å². The number of anilines is 1. The third-order valence-corrected chi connectivity index (χ3v) is 13.3. The number of hydrogen-bond acceptors (Lipinski definition) is 8. The van der Waals surface area contributed by atoms with Crippen molar-refractivity contribution >= 4 is 58.6 Å². The molecular weight excluding hydrogens is 810 g/mol. The summed E-state index contributed by atoms with van der Waals surface area (Å²) in [5.74, 6) is 3.99. The first-order valence-electron chi connectivity index (χ1n) is 21.4. The van der Waals surface area contributed by atoms with Crippen LogP contribution in [0.4, 0.5) is 10.6 Å². The number of aromatic nitrogens is 2. The summed E-state index contributed by atoms with van der Waals surface area (Å²) in [7, 11) is 1.62. The van der Waals surface area contributed by atoms with Gasteiger partial charge in [0, 0.05) is 76.6 Å². The zero-order valence-corrected chi connectivity index (χ0v) is 37.4. The predicted molar refractivity (Wildman–Crippen MR) is 240 cm³/mol. The molecule has 1 aliphatic carbocycles. The lowest BCUT2D eigenvalue weighted by atomic mass is 10.0. The van der Waals surface area contributed by atoms with E-state index >= 15 is 0 Å². The summed E-state index contributed by atoms with van der Waals surface area (Å²) in [5, 5.41) is 24.5. The Kier molecular flexibility index (Phi) is 18.7. The molecule has 0 bridgehead atoms. The Morgan fingerprint density at radius 2 is 1.64 bits per heavy atom. The second-order valence-corrected chi connectivity index (χ2v) is 17.8. The first kappa shape index (κ1) is 46.3. The molecule has 3 aromatic rings. The third kappa shape index (κ3) is 13.6. The Bertz CT molecular complexity index is 1820. The molecule has 1 aromatic heterocycles. The number of carbonyl (C=O) groups excluding carboxylic acids is 3. The fourth-order valence-corrected chi connectivity index (χ4v) is 10.00. The van der Waals surface area contributed by atoms with Crippen LogP contribution in [0.15, 0.2) is 30.3 Å². The quantitative estimate of drug-likeness (QED) is 0.0319. The molecule has 6 rings (SSSR count). The van der Waals surface area contributed by atoms with Gasteiger partial charge in [0.15, 0.2) is 17.3 Å². The van der Waals surface area contributed by atoms with Crippen LogP contribution in [0.2, 0.25) is 10.0 Å².